The van der Waals surface area contributed by atoms with Crippen LogP contribution in [0.3, 0.4) is 0 Å². The van der Waals surface area contributed by atoms with Crippen molar-refractivity contribution in [3.8, 4) is 0 Å². The molecule has 2 aliphatic rings. The third-order valence-electron chi connectivity index (χ3n) is 6.88. The van der Waals surface area contributed by atoms with E-state index in [9.17, 15) is 18.0 Å². The van der Waals surface area contributed by atoms with Crippen LogP contribution in [0.5, 0.6) is 0 Å². The van der Waals surface area contributed by atoms with E-state index in [2.05, 4.69) is 15.5 Å². The largest absolute Gasteiger partial charge is 0.379 e. The van der Waals surface area contributed by atoms with Gasteiger partial charge in [-0.15, -0.1) is 0 Å². The molecule has 1 aliphatic heterocycles. The molecule has 12 heteroatoms. The summed E-state index contributed by atoms with van der Waals surface area (Å²) < 4.78 is 30.4. The predicted octanol–water partition coefficient (Wildman–Crippen LogP) is 1.69. The average Bonchev–Trinajstić information content (AvgIpc) is 3.50. The van der Waals surface area contributed by atoms with Crippen LogP contribution < -0.4 is 11.1 Å². The summed E-state index contributed by atoms with van der Waals surface area (Å²) in [5, 5.41) is 10.2. The maximum Gasteiger partial charge on any atom is 0.272 e. The molecule has 1 fully saturated rings. The number of nitrogens with two attached hydrogens (primary N) is 1. The Kier molecular flexibility index (Phi) is 7.47. The quantitative estimate of drug-likeness (QED) is 0.369. The fraction of sp³-hybridized carbons (Fsp3) is 0.542. The number of sulfone groups is 1. The molecule has 1 aromatic carbocycles. The molecule has 2 aromatic rings. The second kappa shape index (κ2) is 10.1. The summed E-state index contributed by atoms with van der Waals surface area (Å²) in [6.45, 7) is 4.66. The first-order valence-electron chi connectivity index (χ1n) is 11.9. The van der Waals surface area contributed by atoms with Gasteiger partial charge in [0.2, 0.25) is 0 Å². The fourth-order valence-corrected chi connectivity index (χ4v) is 7.06. The third kappa shape index (κ3) is 5.02. The number of rotatable bonds is 11. The minimum atomic E-state index is -3.61. The van der Waals surface area contributed by atoms with Crippen molar-refractivity contribution in [2.45, 2.75) is 49.1 Å². The number of hydrogen-bond donors (Lipinski definition) is 3. The van der Waals surface area contributed by atoms with E-state index < -0.39 is 19.3 Å². The summed E-state index contributed by atoms with van der Waals surface area (Å²) in [5.41, 5.74) is 7.30. The van der Waals surface area contributed by atoms with Gasteiger partial charge in [-0.3, -0.25) is 14.7 Å². The van der Waals surface area contributed by atoms with Crippen LogP contribution in [0.25, 0.3) is 0 Å². The maximum absolute atomic E-state index is 13.5. The van der Waals surface area contributed by atoms with E-state index in [-0.39, 0.29) is 43.0 Å². The van der Waals surface area contributed by atoms with Gasteiger partial charge in [0.1, 0.15) is 5.69 Å². The molecule has 1 saturated carbocycles. The number of fused-ring (bicyclic) bond motifs is 1. The lowest BCUT2D eigenvalue weighted by atomic mass is 10.0. The average molecular weight is 538 g/mol. The second-order valence-electron chi connectivity index (χ2n) is 10.00. The van der Waals surface area contributed by atoms with Crippen LogP contribution in [0.1, 0.15) is 58.8 Å². The standard InChI is InChI=1S/C24H32ClN5O5S/c1-23(2,15-35-12-10-26)36(33,34)24(8-9-24)14-30-11-7-18-19(28-29-20(18)22(30)32)21(31)27-13-16-3-5-17(25)6-4-16/h3-6H,7-15,26H2,1-2H3,(H,27,31)(H,28,29). The molecule has 4 N–H and O–H groups in total. The lowest BCUT2D eigenvalue weighted by Crippen LogP contribution is -2.51. The zero-order chi connectivity index (χ0) is 26.1. The molecule has 2 heterocycles. The fourth-order valence-electron chi connectivity index (χ4n) is 4.56. The molecule has 36 heavy (non-hydrogen) atoms. The minimum absolute atomic E-state index is 0.0431. The first kappa shape index (κ1) is 26.6. The molecule has 0 bridgehead atoms. The number of benzene rings is 1. The summed E-state index contributed by atoms with van der Waals surface area (Å²) in [7, 11) is -3.61. The van der Waals surface area contributed by atoms with Gasteiger partial charge in [-0.05, 0) is 50.8 Å². The Labute approximate surface area is 215 Å². The number of nitrogens with one attached hydrogen (secondary N) is 2. The van der Waals surface area contributed by atoms with E-state index in [0.29, 0.717) is 49.5 Å². The van der Waals surface area contributed by atoms with E-state index in [4.69, 9.17) is 22.1 Å². The summed E-state index contributed by atoms with van der Waals surface area (Å²) in [6, 6.07) is 7.12. The maximum atomic E-state index is 13.5. The number of halogens is 1. The van der Waals surface area contributed by atoms with E-state index in [1.54, 1.807) is 30.9 Å². The summed E-state index contributed by atoms with van der Waals surface area (Å²) >= 11 is 5.90. The van der Waals surface area contributed by atoms with Gasteiger partial charge in [-0.1, -0.05) is 23.7 Å². The zero-order valence-corrected chi connectivity index (χ0v) is 22.0. The lowest BCUT2D eigenvalue weighted by Gasteiger charge is -2.35. The number of nitrogens with zero attached hydrogens (tertiary/aromatic N) is 2. The monoisotopic (exact) mass is 537 g/mol. The molecule has 0 atom stereocenters. The molecule has 1 aromatic heterocycles. The van der Waals surface area contributed by atoms with Crippen molar-refractivity contribution < 1.29 is 22.7 Å². The van der Waals surface area contributed by atoms with Crippen LogP contribution >= 0.6 is 11.6 Å². The van der Waals surface area contributed by atoms with Gasteiger partial charge in [0, 0.05) is 36.8 Å². The van der Waals surface area contributed by atoms with Crippen LogP contribution in [0.15, 0.2) is 24.3 Å². The Bertz CT molecular complexity index is 1240. The normalized spacial score (nSPS) is 17.1. The van der Waals surface area contributed by atoms with Crippen molar-refractivity contribution in [2.24, 2.45) is 5.73 Å². The topological polar surface area (TPSA) is 147 Å². The number of carbonyl (C=O) groups is 2. The van der Waals surface area contributed by atoms with Crippen molar-refractivity contribution in [1.29, 1.82) is 0 Å². The second-order valence-corrected chi connectivity index (χ2v) is 13.4. The Balaban J connectivity index is 1.43. The number of amides is 2. The molecule has 4 rings (SSSR count). The van der Waals surface area contributed by atoms with Crippen molar-refractivity contribution >= 4 is 33.3 Å². The van der Waals surface area contributed by atoms with Crippen molar-refractivity contribution in [2.75, 3.05) is 32.8 Å². The SMILES string of the molecule is CC(C)(COCCN)S(=O)(=O)C1(CN2CCc3c(C(=O)NCc4ccc(Cl)cc4)n[nH]c3C2=O)CC1. The molecular formula is C24H32ClN5O5S. The van der Waals surface area contributed by atoms with E-state index in [0.717, 1.165) is 5.56 Å². The van der Waals surface area contributed by atoms with Crippen LogP contribution in [-0.2, 0) is 27.5 Å². The lowest BCUT2D eigenvalue weighted by molar-refractivity contribution is 0.0729. The van der Waals surface area contributed by atoms with Crippen LogP contribution in [0.2, 0.25) is 5.02 Å². The summed E-state index contributed by atoms with van der Waals surface area (Å²) in [5.74, 6) is -0.733. The van der Waals surface area contributed by atoms with E-state index in [1.165, 1.54) is 0 Å². The molecule has 0 saturated heterocycles. The number of aromatic amines is 1. The van der Waals surface area contributed by atoms with Crippen LogP contribution in [0, 0.1) is 0 Å². The number of aromatic nitrogens is 2. The van der Waals surface area contributed by atoms with Crippen molar-refractivity contribution in [3.63, 3.8) is 0 Å². The Morgan fingerprint density at radius 2 is 2.00 bits per heavy atom. The van der Waals surface area contributed by atoms with Crippen LogP contribution in [0.4, 0.5) is 0 Å². The summed E-state index contributed by atoms with van der Waals surface area (Å²) in [4.78, 5) is 27.5. The molecule has 1 aliphatic carbocycles. The molecule has 10 nitrogen and oxygen atoms in total. The summed E-state index contributed by atoms with van der Waals surface area (Å²) in [6.07, 6.45) is 1.39. The third-order valence-corrected chi connectivity index (χ3v) is 10.4. The number of hydrogen-bond acceptors (Lipinski definition) is 7. The van der Waals surface area contributed by atoms with Gasteiger partial charge >= 0.3 is 0 Å². The first-order chi connectivity index (χ1) is 17.0. The van der Waals surface area contributed by atoms with Gasteiger partial charge in [0.15, 0.2) is 15.5 Å². The smallest absolute Gasteiger partial charge is 0.272 e. The molecule has 196 valence electrons. The van der Waals surface area contributed by atoms with Gasteiger partial charge < -0.3 is 20.7 Å². The highest BCUT2D eigenvalue weighted by Gasteiger charge is 2.61. The molecule has 0 spiro atoms. The van der Waals surface area contributed by atoms with Crippen LogP contribution in [-0.4, -0.2) is 77.7 Å². The van der Waals surface area contributed by atoms with Gasteiger partial charge in [0.25, 0.3) is 11.8 Å². The Morgan fingerprint density at radius 1 is 1.31 bits per heavy atom. The molecule has 0 unspecified atom stereocenters. The predicted molar refractivity (Wildman–Crippen MR) is 136 cm³/mol. The zero-order valence-electron chi connectivity index (χ0n) is 20.5. The highest BCUT2D eigenvalue weighted by atomic mass is 35.5. The van der Waals surface area contributed by atoms with Gasteiger partial charge in [0.05, 0.1) is 22.7 Å². The van der Waals surface area contributed by atoms with E-state index >= 15 is 0 Å². The molecular weight excluding hydrogens is 506 g/mol. The Morgan fingerprint density at radius 3 is 2.64 bits per heavy atom. The first-order valence-corrected chi connectivity index (χ1v) is 13.8. The minimum Gasteiger partial charge on any atom is -0.379 e. The van der Waals surface area contributed by atoms with E-state index in [1.807, 2.05) is 12.1 Å². The van der Waals surface area contributed by atoms with Crippen molar-refractivity contribution in [1.82, 2.24) is 20.4 Å². The van der Waals surface area contributed by atoms with Gasteiger partial charge in [-0.2, -0.15) is 5.10 Å². The number of H-pyrrole nitrogens is 1. The Hall–Kier alpha value is -2.47. The number of ether oxygens (including phenoxy) is 1. The van der Waals surface area contributed by atoms with Crippen molar-refractivity contribution in [3.05, 3.63) is 51.8 Å². The van der Waals surface area contributed by atoms with Gasteiger partial charge in [-0.25, -0.2) is 8.42 Å². The molecule has 0 radical (unpaired) electrons. The molecule has 2 amide bonds. The highest BCUT2D eigenvalue weighted by Crippen LogP contribution is 2.49. The number of carbonyl (C=O) groups excluding carboxylic acids is 2. The highest BCUT2D eigenvalue weighted by molar-refractivity contribution is 7.94.